The van der Waals surface area contributed by atoms with Gasteiger partial charge in [0, 0.05) is 10.9 Å². The van der Waals surface area contributed by atoms with E-state index in [1.807, 2.05) is 41.1 Å². The minimum absolute atomic E-state index is 0.0895. The predicted octanol–water partition coefficient (Wildman–Crippen LogP) is 4.94. The van der Waals surface area contributed by atoms with Gasteiger partial charge in [-0.15, -0.1) is 0 Å². The Hall–Kier alpha value is -2.15. The number of carbonyl (C=O) groups excluding carboxylic acids is 2. The number of Topliss-reactive ketones (excluding diaryl/α,β-unsaturated/α-hetero) is 1. The lowest BCUT2D eigenvalue weighted by Crippen LogP contribution is -2.60. The number of para-hydroxylation sites is 1. The molecule has 0 bridgehead atoms. The van der Waals surface area contributed by atoms with Gasteiger partial charge in [-0.3, -0.25) is 9.59 Å². The van der Waals surface area contributed by atoms with Crippen LogP contribution in [0.3, 0.4) is 0 Å². The standard InChI is InChI=1S/C21H15BrClNO3S/c22-15-7-5-13(6-8-15)21(14-9-10-28-12-14)11-17(25)19(20(26)24-21)27-18-4-2-1-3-16(18)23/h1-10,12,19H,11H2,(H,24,26)/t19-,21+/m1/s1. The first-order valence-corrected chi connectivity index (χ1v) is 10.7. The van der Waals surface area contributed by atoms with Crippen molar-refractivity contribution in [2.45, 2.75) is 18.1 Å². The fourth-order valence-corrected chi connectivity index (χ4v) is 4.54. The van der Waals surface area contributed by atoms with Gasteiger partial charge in [-0.1, -0.05) is 51.8 Å². The number of hydrogen-bond donors (Lipinski definition) is 1. The molecule has 1 aliphatic rings. The third-order valence-electron chi connectivity index (χ3n) is 4.74. The van der Waals surface area contributed by atoms with Crippen LogP contribution in [0, 0.1) is 0 Å². The molecule has 7 heteroatoms. The number of piperidine rings is 1. The molecule has 3 aromatic rings. The van der Waals surface area contributed by atoms with Gasteiger partial charge in [0.2, 0.25) is 6.10 Å². The van der Waals surface area contributed by atoms with E-state index in [-0.39, 0.29) is 12.2 Å². The van der Waals surface area contributed by atoms with Crippen molar-refractivity contribution in [3.63, 3.8) is 0 Å². The van der Waals surface area contributed by atoms with Gasteiger partial charge in [0.05, 0.1) is 10.6 Å². The predicted molar refractivity (Wildman–Crippen MR) is 113 cm³/mol. The van der Waals surface area contributed by atoms with E-state index >= 15 is 0 Å². The lowest BCUT2D eigenvalue weighted by molar-refractivity contribution is -0.144. The van der Waals surface area contributed by atoms with E-state index in [2.05, 4.69) is 21.2 Å². The highest BCUT2D eigenvalue weighted by molar-refractivity contribution is 9.10. The quantitative estimate of drug-likeness (QED) is 0.543. The molecule has 2 atom stereocenters. The van der Waals surface area contributed by atoms with Crippen molar-refractivity contribution in [2.24, 2.45) is 0 Å². The number of thiophene rings is 1. The van der Waals surface area contributed by atoms with Crippen molar-refractivity contribution in [1.29, 1.82) is 0 Å². The third kappa shape index (κ3) is 3.48. The molecule has 0 spiro atoms. The van der Waals surface area contributed by atoms with Gasteiger partial charge in [-0.25, -0.2) is 0 Å². The summed E-state index contributed by atoms with van der Waals surface area (Å²) in [5.74, 6) is -0.465. The Morgan fingerprint density at radius 3 is 2.46 bits per heavy atom. The van der Waals surface area contributed by atoms with Crippen LogP contribution in [0.15, 0.2) is 69.8 Å². The van der Waals surface area contributed by atoms with Crippen LogP contribution in [0.4, 0.5) is 0 Å². The fraction of sp³-hybridized carbons (Fsp3) is 0.143. The van der Waals surface area contributed by atoms with Gasteiger partial charge >= 0.3 is 0 Å². The van der Waals surface area contributed by atoms with Gasteiger partial charge < -0.3 is 10.1 Å². The maximum atomic E-state index is 13.0. The van der Waals surface area contributed by atoms with E-state index in [0.29, 0.717) is 10.8 Å². The van der Waals surface area contributed by atoms with Gasteiger partial charge in [0.15, 0.2) is 5.78 Å². The highest BCUT2D eigenvalue weighted by Gasteiger charge is 2.48. The number of ether oxygens (including phenoxy) is 1. The summed E-state index contributed by atoms with van der Waals surface area (Å²) < 4.78 is 6.60. The molecule has 1 aromatic heterocycles. The Bertz CT molecular complexity index is 1000. The first-order valence-electron chi connectivity index (χ1n) is 8.54. The summed E-state index contributed by atoms with van der Waals surface area (Å²) in [5, 5.41) is 7.28. The molecule has 4 nitrogen and oxygen atoms in total. The Balaban J connectivity index is 1.70. The number of halogens is 2. The highest BCUT2D eigenvalue weighted by atomic mass is 79.9. The second-order valence-corrected chi connectivity index (χ2v) is 8.59. The molecular formula is C21H15BrClNO3S. The maximum absolute atomic E-state index is 13.0. The van der Waals surface area contributed by atoms with Crippen molar-refractivity contribution in [3.05, 3.63) is 86.0 Å². The van der Waals surface area contributed by atoms with Crippen LogP contribution in [0.25, 0.3) is 0 Å². The third-order valence-corrected chi connectivity index (χ3v) is 6.26. The molecule has 142 valence electrons. The monoisotopic (exact) mass is 475 g/mol. The Kier molecular flexibility index (Phi) is 5.27. The van der Waals surface area contributed by atoms with E-state index < -0.39 is 17.6 Å². The lowest BCUT2D eigenvalue weighted by atomic mass is 9.76. The molecule has 1 fully saturated rings. The molecule has 0 radical (unpaired) electrons. The number of ketones is 1. The second kappa shape index (κ2) is 7.70. The van der Waals surface area contributed by atoms with Crippen molar-refractivity contribution >= 4 is 50.6 Å². The van der Waals surface area contributed by atoms with Crippen molar-refractivity contribution < 1.29 is 14.3 Å². The fourth-order valence-electron chi connectivity index (χ4n) is 3.36. The number of nitrogens with one attached hydrogen (secondary N) is 1. The molecule has 0 saturated carbocycles. The smallest absolute Gasteiger partial charge is 0.269 e. The zero-order valence-corrected chi connectivity index (χ0v) is 17.7. The summed E-state index contributed by atoms with van der Waals surface area (Å²) in [4.78, 5) is 26.0. The van der Waals surface area contributed by atoms with Gasteiger partial charge in [0.1, 0.15) is 5.75 Å². The minimum Gasteiger partial charge on any atom is -0.471 e. The molecule has 2 heterocycles. The summed E-state index contributed by atoms with van der Waals surface area (Å²) in [6.07, 6.45) is -1.14. The summed E-state index contributed by atoms with van der Waals surface area (Å²) in [6, 6.07) is 16.3. The maximum Gasteiger partial charge on any atom is 0.269 e. The Morgan fingerprint density at radius 2 is 1.82 bits per heavy atom. The zero-order chi connectivity index (χ0) is 19.7. The molecule has 28 heavy (non-hydrogen) atoms. The number of carbonyl (C=O) groups is 2. The number of benzene rings is 2. The van der Waals surface area contributed by atoms with E-state index in [1.165, 1.54) is 11.3 Å². The lowest BCUT2D eigenvalue weighted by Gasteiger charge is -2.40. The van der Waals surface area contributed by atoms with E-state index in [1.54, 1.807) is 24.3 Å². The summed E-state index contributed by atoms with van der Waals surface area (Å²) in [6.45, 7) is 0. The number of rotatable bonds is 4. The molecule has 2 aromatic carbocycles. The van der Waals surface area contributed by atoms with Crippen LogP contribution < -0.4 is 10.1 Å². The normalized spacial score (nSPS) is 22.0. The Morgan fingerprint density at radius 1 is 1.07 bits per heavy atom. The summed E-state index contributed by atoms with van der Waals surface area (Å²) in [7, 11) is 0. The summed E-state index contributed by atoms with van der Waals surface area (Å²) in [5.41, 5.74) is 0.791. The molecule has 1 N–H and O–H groups in total. The van der Waals surface area contributed by atoms with Gasteiger partial charge in [-0.05, 0) is 52.2 Å². The molecular weight excluding hydrogens is 462 g/mol. The largest absolute Gasteiger partial charge is 0.471 e. The van der Waals surface area contributed by atoms with Crippen LogP contribution in [0.2, 0.25) is 5.02 Å². The summed E-state index contributed by atoms with van der Waals surface area (Å²) >= 11 is 11.1. The van der Waals surface area contributed by atoms with Crippen LogP contribution in [-0.4, -0.2) is 17.8 Å². The molecule has 4 rings (SSSR count). The van der Waals surface area contributed by atoms with Crippen molar-refractivity contribution in [1.82, 2.24) is 5.32 Å². The Labute approximate surface area is 179 Å². The van der Waals surface area contributed by atoms with E-state index in [0.717, 1.165) is 15.6 Å². The van der Waals surface area contributed by atoms with Crippen molar-refractivity contribution in [3.8, 4) is 5.75 Å². The van der Waals surface area contributed by atoms with Crippen LogP contribution in [-0.2, 0) is 15.1 Å². The topological polar surface area (TPSA) is 55.4 Å². The van der Waals surface area contributed by atoms with Crippen LogP contribution in [0.1, 0.15) is 17.5 Å². The molecule has 0 aliphatic carbocycles. The molecule has 1 aliphatic heterocycles. The molecule has 1 saturated heterocycles. The zero-order valence-electron chi connectivity index (χ0n) is 14.5. The average Bonchev–Trinajstić information content (AvgIpc) is 3.22. The van der Waals surface area contributed by atoms with Gasteiger partial charge in [0.25, 0.3) is 5.91 Å². The molecule has 0 unspecified atom stereocenters. The molecule has 1 amide bonds. The van der Waals surface area contributed by atoms with E-state index in [9.17, 15) is 9.59 Å². The van der Waals surface area contributed by atoms with Gasteiger partial charge in [-0.2, -0.15) is 11.3 Å². The first kappa shape index (κ1) is 19.2. The number of amides is 1. The van der Waals surface area contributed by atoms with Crippen LogP contribution >= 0.6 is 38.9 Å². The second-order valence-electron chi connectivity index (χ2n) is 6.48. The first-order chi connectivity index (χ1) is 13.5. The number of hydrogen-bond acceptors (Lipinski definition) is 4. The SMILES string of the molecule is O=C1C[C@](c2ccc(Br)cc2)(c2ccsc2)NC(=O)[C@@H]1Oc1ccccc1Cl. The van der Waals surface area contributed by atoms with Crippen molar-refractivity contribution in [2.75, 3.05) is 0 Å². The minimum atomic E-state index is -1.23. The van der Waals surface area contributed by atoms with Crippen LogP contribution in [0.5, 0.6) is 5.75 Å². The average molecular weight is 477 g/mol. The highest BCUT2D eigenvalue weighted by Crippen LogP contribution is 2.38. The van der Waals surface area contributed by atoms with E-state index in [4.69, 9.17) is 16.3 Å².